The summed E-state index contributed by atoms with van der Waals surface area (Å²) in [6, 6.07) is 30.8. The van der Waals surface area contributed by atoms with Crippen LogP contribution in [0, 0.1) is 0 Å². The number of halogens is 1. The zero-order chi connectivity index (χ0) is 17.2. The van der Waals surface area contributed by atoms with Crippen LogP contribution in [0.5, 0.6) is 0 Å². The standard InChI is InChI=1S/C22H19BrO2/c23-21(18-10-4-1-5-11-18,19-12-6-2-7-13-19)22(24-16-17-25-22)20-14-8-3-9-15-20/h1-15H,16-17H2. The quantitative estimate of drug-likeness (QED) is 0.564. The highest BCUT2D eigenvalue weighted by atomic mass is 79.9. The van der Waals surface area contributed by atoms with Gasteiger partial charge in [-0.2, -0.15) is 0 Å². The maximum Gasteiger partial charge on any atom is 0.219 e. The van der Waals surface area contributed by atoms with Crippen molar-refractivity contribution < 1.29 is 9.47 Å². The Hall–Kier alpha value is -1.94. The first kappa shape index (κ1) is 16.5. The topological polar surface area (TPSA) is 18.5 Å². The molecule has 1 aliphatic heterocycles. The Morgan fingerprint density at radius 3 is 1.48 bits per heavy atom. The summed E-state index contributed by atoms with van der Waals surface area (Å²) in [6.45, 7) is 1.11. The van der Waals surface area contributed by atoms with Gasteiger partial charge in [0.2, 0.25) is 5.79 Å². The molecule has 1 saturated heterocycles. The third-order valence-electron chi connectivity index (χ3n) is 4.64. The molecule has 0 aliphatic carbocycles. The van der Waals surface area contributed by atoms with Gasteiger partial charge in [-0.25, -0.2) is 0 Å². The minimum Gasteiger partial charge on any atom is -0.342 e. The van der Waals surface area contributed by atoms with Gasteiger partial charge in [-0.05, 0) is 11.1 Å². The van der Waals surface area contributed by atoms with Crippen molar-refractivity contribution in [3.8, 4) is 0 Å². The molecule has 0 unspecified atom stereocenters. The average Bonchev–Trinajstić information content (AvgIpc) is 3.21. The monoisotopic (exact) mass is 394 g/mol. The highest BCUT2D eigenvalue weighted by Gasteiger charge is 2.58. The van der Waals surface area contributed by atoms with E-state index < -0.39 is 10.1 Å². The Morgan fingerprint density at radius 1 is 0.640 bits per heavy atom. The van der Waals surface area contributed by atoms with Gasteiger partial charge in [0.05, 0.1) is 13.2 Å². The Labute approximate surface area is 156 Å². The average molecular weight is 395 g/mol. The summed E-state index contributed by atoms with van der Waals surface area (Å²) in [5, 5.41) is 0. The second-order valence-corrected chi connectivity index (χ2v) is 7.26. The molecule has 2 nitrogen and oxygen atoms in total. The molecule has 0 atom stereocenters. The molecule has 4 rings (SSSR count). The maximum absolute atomic E-state index is 6.33. The first-order valence-electron chi connectivity index (χ1n) is 8.41. The fourth-order valence-electron chi connectivity index (χ4n) is 3.52. The largest absolute Gasteiger partial charge is 0.342 e. The molecule has 126 valence electrons. The Balaban J connectivity index is 2.00. The SMILES string of the molecule is BrC(c1ccccc1)(c1ccccc1)C1(c2ccccc2)OCCO1. The molecule has 0 radical (unpaired) electrons. The van der Waals surface area contributed by atoms with Crippen molar-refractivity contribution in [3.05, 3.63) is 108 Å². The van der Waals surface area contributed by atoms with Crippen LogP contribution in [0.25, 0.3) is 0 Å². The fraction of sp³-hybridized carbons (Fsp3) is 0.182. The van der Waals surface area contributed by atoms with Crippen LogP contribution < -0.4 is 0 Å². The lowest BCUT2D eigenvalue weighted by atomic mass is 9.80. The maximum atomic E-state index is 6.33. The van der Waals surface area contributed by atoms with E-state index in [0.29, 0.717) is 13.2 Å². The summed E-state index contributed by atoms with van der Waals surface area (Å²) in [5.74, 6) is -0.934. The second kappa shape index (κ2) is 6.75. The molecule has 0 aromatic heterocycles. The number of alkyl halides is 1. The highest BCUT2D eigenvalue weighted by molar-refractivity contribution is 9.09. The number of ether oxygens (including phenoxy) is 2. The lowest BCUT2D eigenvalue weighted by Gasteiger charge is -2.44. The van der Waals surface area contributed by atoms with E-state index in [1.165, 1.54) is 0 Å². The normalized spacial score (nSPS) is 16.7. The third-order valence-corrected chi connectivity index (χ3v) is 6.08. The summed E-state index contributed by atoms with van der Waals surface area (Å²) < 4.78 is 12.0. The lowest BCUT2D eigenvalue weighted by Crippen LogP contribution is -2.47. The van der Waals surface area contributed by atoms with Crippen LogP contribution in [-0.2, 0) is 19.6 Å². The Bertz CT molecular complexity index is 773. The predicted molar refractivity (Wildman–Crippen MR) is 103 cm³/mol. The zero-order valence-electron chi connectivity index (χ0n) is 13.8. The summed E-state index contributed by atoms with van der Waals surface area (Å²) in [6.07, 6.45) is 0. The van der Waals surface area contributed by atoms with Crippen molar-refractivity contribution in [2.24, 2.45) is 0 Å². The third kappa shape index (κ3) is 2.63. The molecular formula is C22H19BrO2. The van der Waals surface area contributed by atoms with Gasteiger partial charge in [0, 0.05) is 5.56 Å². The summed E-state index contributed by atoms with van der Waals surface area (Å²) >= 11 is 4.07. The predicted octanol–water partition coefficient (Wildman–Crippen LogP) is 5.22. The van der Waals surface area contributed by atoms with Crippen LogP contribution in [0.2, 0.25) is 0 Å². The first-order valence-corrected chi connectivity index (χ1v) is 9.20. The van der Waals surface area contributed by atoms with Gasteiger partial charge in [0.1, 0.15) is 4.32 Å². The minimum atomic E-state index is -0.934. The van der Waals surface area contributed by atoms with Crippen molar-refractivity contribution in [1.29, 1.82) is 0 Å². The van der Waals surface area contributed by atoms with E-state index in [1.807, 2.05) is 54.6 Å². The summed E-state index contributed by atoms with van der Waals surface area (Å²) in [5.41, 5.74) is 3.18. The van der Waals surface area contributed by atoms with Crippen molar-refractivity contribution in [2.75, 3.05) is 13.2 Å². The van der Waals surface area contributed by atoms with Gasteiger partial charge in [-0.15, -0.1) is 0 Å². The molecule has 0 bridgehead atoms. The fourth-order valence-corrected chi connectivity index (χ4v) is 4.50. The molecule has 3 heteroatoms. The van der Waals surface area contributed by atoms with Gasteiger partial charge in [-0.3, -0.25) is 0 Å². The van der Waals surface area contributed by atoms with Crippen molar-refractivity contribution in [2.45, 2.75) is 10.1 Å². The van der Waals surface area contributed by atoms with E-state index >= 15 is 0 Å². The molecular weight excluding hydrogens is 376 g/mol. The summed E-state index contributed by atoms with van der Waals surface area (Å²) in [7, 11) is 0. The van der Waals surface area contributed by atoms with E-state index in [-0.39, 0.29) is 0 Å². The van der Waals surface area contributed by atoms with Gasteiger partial charge in [-0.1, -0.05) is 107 Å². The van der Waals surface area contributed by atoms with E-state index in [4.69, 9.17) is 9.47 Å². The molecule has 25 heavy (non-hydrogen) atoms. The second-order valence-electron chi connectivity index (χ2n) is 6.07. The van der Waals surface area contributed by atoms with Crippen LogP contribution in [0.1, 0.15) is 16.7 Å². The molecule has 3 aromatic carbocycles. The summed E-state index contributed by atoms with van der Waals surface area (Å²) in [4.78, 5) is 0. The van der Waals surface area contributed by atoms with Crippen molar-refractivity contribution >= 4 is 15.9 Å². The van der Waals surface area contributed by atoms with Crippen LogP contribution >= 0.6 is 15.9 Å². The Morgan fingerprint density at radius 2 is 1.04 bits per heavy atom. The number of hydrogen-bond donors (Lipinski definition) is 0. The molecule has 1 heterocycles. The number of benzene rings is 3. The first-order chi connectivity index (χ1) is 12.3. The van der Waals surface area contributed by atoms with E-state index in [0.717, 1.165) is 16.7 Å². The van der Waals surface area contributed by atoms with Crippen LogP contribution in [-0.4, -0.2) is 13.2 Å². The molecule has 1 aliphatic rings. The zero-order valence-corrected chi connectivity index (χ0v) is 15.4. The van der Waals surface area contributed by atoms with Crippen molar-refractivity contribution in [3.63, 3.8) is 0 Å². The van der Waals surface area contributed by atoms with Crippen LogP contribution in [0.3, 0.4) is 0 Å². The van der Waals surface area contributed by atoms with Gasteiger partial charge >= 0.3 is 0 Å². The van der Waals surface area contributed by atoms with E-state index in [2.05, 4.69) is 52.3 Å². The van der Waals surface area contributed by atoms with E-state index in [1.54, 1.807) is 0 Å². The molecule has 0 spiro atoms. The minimum absolute atomic E-state index is 0.557. The van der Waals surface area contributed by atoms with Gasteiger partial charge < -0.3 is 9.47 Å². The highest BCUT2D eigenvalue weighted by Crippen LogP contribution is 2.56. The van der Waals surface area contributed by atoms with Gasteiger partial charge in [0.15, 0.2) is 0 Å². The molecule has 1 fully saturated rings. The molecule has 3 aromatic rings. The molecule has 0 amide bonds. The number of rotatable bonds is 4. The number of hydrogen-bond acceptors (Lipinski definition) is 2. The van der Waals surface area contributed by atoms with Crippen LogP contribution in [0.15, 0.2) is 91.0 Å². The van der Waals surface area contributed by atoms with Crippen molar-refractivity contribution in [1.82, 2.24) is 0 Å². The molecule has 0 N–H and O–H groups in total. The van der Waals surface area contributed by atoms with E-state index in [9.17, 15) is 0 Å². The Kier molecular flexibility index (Phi) is 4.46. The van der Waals surface area contributed by atoms with Crippen LogP contribution in [0.4, 0.5) is 0 Å². The smallest absolute Gasteiger partial charge is 0.219 e. The lowest BCUT2D eigenvalue weighted by molar-refractivity contribution is -0.184. The molecule has 0 saturated carbocycles. The van der Waals surface area contributed by atoms with Gasteiger partial charge in [0.25, 0.3) is 0 Å².